The number of aryl methyl sites for hydroxylation is 2. The number of carboxylic acids is 1. The molecule has 2 rings (SSSR count). The van der Waals surface area contributed by atoms with Gasteiger partial charge in [0.2, 0.25) is 0 Å². The van der Waals surface area contributed by atoms with Crippen LogP contribution in [0.25, 0.3) is 11.1 Å². The van der Waals surface area contributed by atoms with Gasteiger partial charge < -0.3 is 9.52 Å². The molecule has 0 radical (unpaired) electrons. The smallest absolute Gasteiger partial charge is 0.320 e. The van der Waals surface area contributed by atoms with Crippen molar-refractivity contribution in [3.63, 3.8) is 0 Å². The van der Waals surface area contributed by atoms with Crippen LogP contribution >= 0.6 is 0 Å². The molecule has 0 aliphatic carbocycles. The van der Waals surface area contributed by atoms with E-state index in [4.69, 9.17) is 9.52 Å². The van der Waals surface area contributed by atoms with Crippen LogP contribution in [-0.4, -0.2) is 41.1 Å². The predicted molar refractivity (Wildman–Crippen MR) is 72.2 cm³/mol. The van der Waals surface area contributed by atoms with E-state index in [1.165, 1.54) is 0 Å². The summed E-state index contributed by atoms with van der Waals surface area (Å²) in [5, 5.41) is 9.13. The summed E-state index contributed by atoms with van der Waals surface area (Å²) in [5.74, 6) is -0.146. The monoisotopic (exact) mass is 262 g/mol. The molecular formula is C14H18N2O3. The lowest BCUT2D eigenvalue weighted by Gasteiger charge is -2.19. The highest BCUT2D eigenvalue weighted by molar-refractivity contribution is 5.74. The lowest BCUT2D eigenvalue weighted by molar-refractivity contribution is -0.142. The van der Waals surface area contributed by atoms with Gasteiger partial charge in [0.05, 0.1) is 0 Å². The van der Waals surface area contributed by atoms with Crippen molar-refractivity contribution in [3.8, 4) is 0 Å². The lowest BCUT2D eigenvalue weighted by atomic mass is 10.0. The van der Waals surface area contributed by atoms with E-state index in [2.05, 4.69) is 4.98 Å². The highest BCUT2D eigenvalue weighted by atomic mass is 16.4. The number of aliphatic carboxylic acids is 1. The molecule has 1 N–H and O–H groups in total. The van der Waals surface area contributed by atoms with Gasteiger partial charge in [-0.1, -0.05) is 6.07 Å². The normalized spacial score (nSPS) is 13.1. The van der Waals surface area contributed by atoms with E-state index in [1.54, 1.807) is 19.0 Å². The molecule has 0 spiro atoms. The van der Waals surface area contributed by atoms with E-state index in [0.717, 1.165) is 16.7 Å². The first-order chi connectivity index (χ1) is 8.97. The first-order valence-electron chi connectivity index (χ1n) is 6.22. The Morgan fingerprint density at radius 2 is 2.21 bits per heavy atom. The van der Waals surface area contributed by atoms with Crippen molar-refractivity contribution in [3.05, 3.63) is 29.7 Å². The number of benzene rings is 1. The second-order valence-electron chi connectivity index (χ2n) is 4.89. The summed E-state index contributed by atoms with van der Waals surface area (Å²) in [4.78, 5) is 17.1. The van der Waals surface area contributed by atoms with Crippen molar-refractivity contribution in [2.45, 2.75) is 25.8 Å². The van der Waals surface area contributed by atoms with Crippen molar-refractivity contribution in [2.24, 2.45) is 0 Å². The van der Waals surface area contributed by atoms with Crippen molar-refractivity contribution in [2.75, 3.05) is 14.1 Å². The van der Waals surface area contributed by atoms with Gasteiger partial charge in [-0.2, -0.15) is 0 Å². The van der Waals surface area contributed by atoms with Crippen LogP contribution in [0, 0.1) is 6.92 Å². The minimum Gasteiger partial charge on any atom is -0.480 e. The lowest BCUT2D eigenvalue weighted by Crippen LogP contribution is -2.35. The fourth-order valence-electron chi connectivity index (χ4n) is 2.15. The molecule has 0 bridgehead atoms. The summed E-state index contributed by atoms with van der Waals surface area (Å²) in [5.41, 5.74) is 2.67. The van der Waals surface area contributed by atoms with Crippen LogP contribution in [0.2, 0.25) is 0 Å². The number of rotatable bonds is 5. The van der Waals surface area contributed by atoms with Gasteiger partial charge in [-0.15, -0.1) is 0 Å². The molecule has 1 heterocycles. The molecule has 0 saturated heterocycles. The Balaban J connectivity index is 2.10. The summed E-state index contributed by atoms with van der Waals surface area (Å²) in [7, 11) is 3.56. The molecular weight excluding hydrogens is 244 g/mol. The van der Waals surface area contributed by atoms with E-state index in [0.29, 0.717) is 18.7 Å². The number of hydrogen-bond acceptors (Lipinski definition) is 4. The molecule has 102 valence electrons. The molecule has 0 amide bonds. The Labute approximate surface area is 111 Å². The molecule has 0 aliphatic rings. The molecule has 1 aromatic heterocycles. The standard InChI is InChI=1S/C14H18N2O3/c1-9-15-11-8-10(5-7-13(11)19-9)4-6-12(14(17)18)16(2)3/h5,7-8,12H,4,6H2,1-3H3,(H,17,18). The average molecular weight is 262 g/mol. The number of nitrogens with zero attached hydrogens (tertiary/aromatic N) is 2. The zero-order chi connectivity index (χ0) is 14.0. The molecule has 0 fully saturated rings. The topological polar surface area (TPSA) is 66.6 Å². The van der Waals surface area contributed by atoms with Gasteiger partial charge in [-0.05, 0) is 44.6 Å². The van der Waals surface area contributed by atoms with Crippen LogP contribution in [0.5, 0.6) is 0 Å². The first-order valence-corrected chi connectivity index (χ1v) is 6.22. The minimum atomic E-state index is -0.789. The fourth-order valence-corrected chi connectivity index (χ4v) is 2.15. The number of carboxylic acid groups (broad SMARTS) is 1. The Morgan fingerprint density at radius 1 is 1.47 bits per heavy atom. The molecule has 0 saturated carbocycles. The Kier molecular flexibility index (Phi) is 3.85. The average Bonchev–Trinajstić information content (AvgIpc) is 2.67. The second-order valence-corrected chi connectivity index (χ2v) is 4.89. The van der Waals surface area contributed by atoms with E-state index in [9.17, 15) is 4.79 Å². The summed E-state index contributed by atoms with van der Waals surface area (Å²) in [6.45, 7) is 1.81. The first kappa shape index (κ1) is 13.5. The Hall–Kier alpha value is -1.88. The van der Waals surface area contributed by atoms with Gasteiger partial charge in [0.25, 0.3) is 0 Å². The van der Waals surface area contributed by atoms with Gasteiger partial charge in [0, 0.05) is 6.92 Å². The number of aromatic nitrogens is 1. The van der Waals surface area contributed by atoms with E-state index < -0.39 is 12.0 Å². The maximum absolute atomic E-state index is 11.1. The number of likely N-dealkylation sites (N-methyl/N-ethyl adjacent to an activating group) is 1. The van der Waals surface area contributed by atoms with Crippen molar-refractivity contribution in [1.29, 1.82) is 0 Å². The van der Waals surface area contributed by atoms with Crippen LogP contribution in [0.15, 0.2) is 22.6 Å². The highest BCUT2D eigenvalue weighted by Gasteiger charge is 2.19. The zero-order valence-corrected chi connectivity index (χ0v) is 11.4. The number of hydrogen-bond donors (Lipinski definition) is 1. The van der Waals surface area contributed by atoms with Gasteiger partial charge in [0.15, 0.2) is 11.5 Å². The molecule has 1 unspecified atom stereocenters. The minimum absolute atomic E-state index is 0.463. The van der Waals surface area contributed by atoms with Crippen LogP contribution < -0.4 is 0 Å². The zero-order valence-electron chi connectivity index (χ0n) is 11.4. The molecule has 5 nitrogen and oxygen atoms in total. The van der Waals surface area contributed by atoms with Gasteiger partial charge >= 0.3 is 5.97 Å². The van der Waals surface area contributed by atoms with E-state index >= 15 is 0 Å². The molecule has 0 aliphatic heterocycles. The molecule has 19 heavy (non-hydrogen) atoms. The third-order valence-electron chi connectivity index (χ3n) is 3.17. The largest absolute Gasteiger partial charge is 0.480 e. The Morgan fingerprint density at radius 3 is 2.84 bits per heavy atom. The van der Waals surface area contributed by atoms with E-state index in [-0.39, 0.29) is 0 Å². The number of oxazole rings is 1. The van der Waals surface area contributed by atoms with Gasteiger partial charge in [-0.3, -0.25) is 9.69 Å². The highest BCUT2D eigenvalue weighted by Crippen LogP contribution is 2.18. The predicted octanol–water partition coefficient (Wildman–Crippen LogP) is 2.08. The van der Waals surface area contributed by atoms with E-state index in [1.807, 2.05) is 25.1 Å². The fraction of sp³-hybridized carbons (Fsp3) is 0.429. The second kappa shape index (κ2) is 5.40. The quantitative estimate of drug-likeness (QED) is 0.893. The summed E-state index contributed by atoms with van der Waals surface area (Å²) in [6, 6.07) is 5.34. The van der Waals surface area contributed by atoms with Crippen LogP contribution in [0.4, 0.5) is 0 Å². The summed E-state index contributed by atoms with van der Waals surface area (Å²) in [6.07, 6.45) is 1.28. The summed E-state index contributed by atoms with van der Waals surface area (Å²) >= 11 is 0. The SMILES string of the molecule is Cc1nc2cc(CCC(C(=O)O)N(C)C)ccc2o1. The third kappa shape index (κ3) is 3.12. The van der Waals surface area contributed by atoms with Crippen LogP contribution in [-0.2, 0) is 11.2 Å². The van der Waals surface area contributed by atoms with Crippen molar-refractivity contribution >= 4 is 17.1 Å². The van der Waals surface area contributed by atoms with Crippen molar-refractivity contribution < 1.29 is 14.3 Å². The molecule has 1 aromatic carbocycles. The number of carbonyl (C=O) groups is 1. The van der Waals surface area contributed by atoms with Crippen molar-refractivity contribution in [1.82, 2.24) is 9.88 Å². The van der Waals surface area contributed by atoms with Crippen LogP contribution in [0.1, 0.15) is 17.9 Å². The molecule has 1 atom stereocenters. The Bertz CT molecular complexity index is 589. The van der Waals surface area contributed by atoms with Gasteiger partial charge in [0.1, 0.15) is 11.6 Å². The third-order valence-corrected chi connectivity index (χ3v) is 3.17. The van der Waals surface area contributed by atoms with Gasteiger partial charge in [-0.25, -0.2) is 4.98 Å². The van der Waals surface area contributed by atoms with Crippen LogP contribution in [0.3, 0.4) is 0 Å². The molecule has 5 heteroatoms. The number of fused-ring (bicyclic) bond motifs is 1. The maximum atomic E-state index is 11.1. The summed E-state index contributed by atoms with van der Waals surface area (Å²) < 4.78 is 5.41. The molecule has 2 aromatic rings. The maximum Gasteiger partial charge on any atom is 0.320 e.